The van der Waals surface area contributed by atoms with Crippen LogP contribution in [-0.4, -0.2) is 30.1 Å². The summed E-state index contributed by atoms with van der Waals surface area (Å²) < 4.78 is 5.53. The van der Waals surface area contributed by atoms with Crippen LogP contribution in [-0.2, 0) is 4.79 Å². The molecule has 1 saturated carbocycles. The highest BCUT2D eigenvalue weighted by molar-refractivity contribution is 7.99. The number of nitrogens with one attached hydrogen (secondary N) is 1. The van der Waals surface area contributed by atoms with Gasteiger partial charge in [0, 0.05) is 11.3 Å². The molecule has 2 atom stereocenters. The second-order valence-electron chi connectivity index (χ2n) is 5.02. The average Bonchev–Trinajstić information content (AvgIpc) is 2.88. The van der Waals surface area contributed by atoms with Crippen molar-refractivity contribution < 1.29 is 9.53 Å². The second-order valence-corrected chi connectivity index (χ2v) is 6.09. The SMILES string of the molecule is CSC1CCCC1NC(=O)CCOc1ccccc1N. The zero-order valence-corrected chi connectivity index (χ0v) is 12.6. The maximum atomic E-state index is 11.9. The first-order valence-corrected chi connectivity index (χ1v) is 8.29. The highest BCUT2D eigenvalue weighted by Crippen LogP contribution is 2.28. The van der Waals surface area contributed by atoms with Gasteiger partial charge in [0.25, 0.3) is 0 Å². The van der Waals surface area contributed by atoms with Crippen molar-refractivity contribution >= 4 is 23.4 Å². The molecule has 0 radical (unpaired) electrons. The Bertz CT molecular complexity index is 453. The van der Waals surface area contributed by atoms with Gasteiger partial charge >= 0.3 is 0 Å². The molecule has 1 fully saturated rings. The predicted molar refractivity (Wildman–Crippen MR) is 84.1 cm³/mol. The highest BCUT2D eigenvalue weighted by atomic mass is 32.2. The summed E-state index contributed by atoms with van der Waals surface area (Å²) in [7, 11) is 0. The Labute approximate surface area is 124 Å². The molecule has 110 valence electrons. The van der Waals surface area contributed by atoms with Crippen LogP contribution in [0.25, 0.3) is 0 Å². The van der Waals surface area contributed by atoms with E-state index in [9.17, 15) is 4.79 Å². The third-order valence-electron chi connectivity index (χ3n) is 3.61. The van der Waals surface area contributed by atoms with Gasteiger partial charge in [-0.25, -0.2) is 0 Å². The number of anilines is 1. The molecule has 0 spiro atoms. The van der Waals surface area contributed by atoms with Crippen LogP contribution in [0.5, 0.6) is 5.75 Å². The molecule has 1 aliphatic carbocycles. The van der Waals surface area contributed by atoms with Gasteiger partial charge in [-0.1, -0.05) is 18.6 Å². The minimum atomic E-state index is 0.0606. The smallest absolute Gasteiger partial charge is 0.223 e. The van der Waals surface area contributed by atoms with Gasteiger partial charge < -0.3 is 15.8 Å². The fourth-order valence-electron chi connectivity index (χ4n) is 2.52. The molecule has 5 heteroatoms. The molecule has 20 heavy (non-hydrogen) atoms. The molecule has 1 aliphatic rings. The van der Waals surface area contributed by atoms with E-state index in [2.05, 4.69) is 11.6 Å². The molecule has 2 unspecified atom stereocenters. The largest absolute Gasteiger partial charge is 0.491 e. The van der Waals surface area contributed by atoms with Gasteiger partial charge in [0.05, 0.1) is 18.7 Å². The van der Waals surface area contributed by atoms with Crippen LogP contribution in [0.2, 0.25) is 0 Å². The summed E-state index contributed by atoms with van der Waals surface area (Å²) >= 11 is 1.84. The minimum absolute atomic E-state index is 0.0606. The number of amides is 1. The molecule has 0 aliphatic heterocycles. The van der Waals surface area contributed by atoms with Crippen LogP contribution < -0.4 is 15.8 Å². The van der Waals surface area contributed by atoms with E-state index in [1.165, 1.54) is 12.8 Å². The Morgan fingerprint density at radius 3 is 3.00 bits per heavy atom. The van der Waals surface area contributed by atoms with Crippen LogP contribution in [0.15, 0.2) is 24.3 Å². The number of para-hydroxylation sites is 2. The van der Waals surface area contributed by atoms with E-state index in [0.29, 0.717) is 35.8 Å². The van der Waals surface area contributed by atoms with E-state index in [1.807, 2.05) is 30.0 Å². The van der Waals surface area contributed by atoms with Crippen molar-refractivity contribution in [3.8, 4) is 5.75 Å². The third kappa shape index (κ3) is 4.07. The van der Waals surface area contributed by atoms with Gasteiger partial charge in [0.15, 0.2) is 0 Å². The van der Waals surface area contributed by atoms with Crippen LogP contribution >= 0.6 is 11.8 Å². The number of hydrogen-bond acceptors (Lipinski definition) is 4. The molecule has 0 bridgehead atoms. The molecule has 4 nitrogen and oxygen atoms in total. The summed E-state index contributed by atoms with van der Waals surface area (Å²) in [6.07, 6.45) is 5.96. The third-order valence-corrected chi connectivity index (χ3v) is 4.78. The van der Waals surface area contributed by atoms with Gasteiger partial charge in [-0.15, -0.1) is 0 Å². The molecule has 0 saturated heterocycles. The van der Waals surface area contributed by atoms with Crippen molar-refractivity contribution in [2.24, 2.45) is 0 Å². The van der Waals surface area contributed by atoms with Gasteiger partial charge in [-0.05, 0) is 31.2 Å². The van der Waals surface area contributed by atoms with Crippen LogP contribution in [0.1, 0.15) is 25.7 Å². The standard InChI is InChI=1S/C15H22N2O2S/c1-20-14-8-4-6-12(14)17-15(18)9-10-19-13-7-3-2-5-11(13)16/h2-3,5,7,12,14H,4,6,8-10,16H2,1H3,(H,17,18). The van der Waals surface area contributed by atoms with Crippen molar-refractivity contribution in [2.45, 2.75) is 37.0 Å². The summed E-state index contributed by atoms with van der Waals surface area (Å²) in [5, 5.41) is 3.67. The number of thioether (sulfide) groups is 1. The van der Waals surface area contributed by atoms with Crippen LogP contribution in [0, 0.1) is 0 Å². The predicted octanol–water partition coefficient (Wildman–Crippen LogP) is 2.44. The Balaban J connectivity index is 1.72. The minimum Gasteiger partial charge on any atom is -0.491 e. The lowest BCUT2D eigenvalue weighted by molar-refractivity contribution is -0.122. The normalized spacial score (nSPS) is 21.6. The fourth-order valence-corrected chi connectivity index (χ4v) is 3.45. The molecular formula is C15H22N2O2S. The first-order valence-electron chi connectivity index (χ1n) is 7.00. The number of ether oxygens (including phenoxy) is 1. The summed E-state index contributed by atoms with van der Waals surface area (Å²) in [5.41, 5.74) is 6.38. The summed E-state index contributed by atoms with van der Waals surface area (Å²) in [6, 6.07) is 7.65. The van der Waals surface area contributed by atoms with Crippen LogP contribution in [0.3, 0.4) is 0 Å². The number of nitrogen functional groups attached to an aromatic ring is 1. The Morgan fingerprint density at radius 1 is 1.45 bits per heavy atom. The number of hydrogen-bond donors (Lipinski definition) is 2. The van der Waals surface area contributed by atoms with Crippen molar-refractivity contribution in [1.29, 1.82) is 0 Å². The summed E-state index contributed by atoms with van der Waals surface area (Å²) in [4.78, 5) is 11.9. The first-order chi connectivity index (χ1) is 9.70. The monoisotopic (exact) mass is 294 g/mol. The van der Waals surface area contributed by atoms with E-state index < -0.39 is 0 Å². The number of carbonyl (C=O) groups excluding carboxylic acids is 1. The van der Waals surface area contributed by atoms with Gasteiger partial charge in [-0.3, -0.25) is 4.79 Å². The molecule has 3 N–H and O–H groups in total. The van der Waals surface area contributed by atoms with E-state index >= 15 is 0 Å². The molecule has 2 rings (SSSR count). The summed E-state index contributed by atoms with van der Waals surface area (Å²) in [5.74, 6) is 0.702. The lowest BCUT2D eigenvalue weighted by Crippen LogP contribution is -2.39. The van der Waals surface area contributed by atoms with Crippen molar-refractivity contribution in [3.05, 3.63) is 24.3 Å². The van der Waals surface area contributed by atoms with E-state index in [-0.39, 0.29) is 5.91 Å². The number of benzene rings is 1. The van der Waals surface area contributed by atoms with Gasteiger partial charge in [0.2, 0.25) is 5.91 Å². The Hall–Kier alpha value is -1.36. The summed E-state index contributed by atoms with van der Waals surface area (Å²) in [6.45, 7) is 0.358. The topological polar surface area (TPSA) is 64.3 Å². The Kier molecular flexibility index (Phi) is 5.59. The highest BCUT2D eigenvalue weighted by Gasteiger charge is 2.27. The average molecular weight is 294 g/mol. The maximum absolute atomic E-state index is 11.9. The van der Waals surface area contributed by atoms with Crippen molar-refractivity contribution in [2.75, 3.05) is 18.6 Å². The maximum Gasteiger partial charge on any atom is 0.223 e. The molecule has 0 aromatic heterocycles. The quantitative estimate of drug-likeness (QED) is 0.791. The fraction of sp³-hybridized carbons (Fsp3) is 0.533. The zero-order chi connectivity index (χ0) is 14.4. The van der Waals surface area contributed by atoms with Crippen molar-refractivity contribution in [1.82, 2.24) is 5.32 Å². The molecule has 1 amide bonds. The number of nitrogens with two attached hydrogens (primary N) is 1. The lowest BCUT2D eigenvalue weighted by Gasteiger charge is -2.19. The first kappa shape index (κ1) is 15.0. The van der Waals surface area contributed by atoms with Crippen LogP contribution in [0.4, 0.5) is 5.69 Å². The van der Waals surface area contributed by atoms with E-state index in [1.54, 1.807) is 6.07 Å². The van der Waals surface area contributed by atoms with E-state index in [4.69, 9.17) is 10.5 Å². The van der Waals surface area contributed by atoms with Gasteiger partial charge in [-0.2, -0.15) is 11.8 Å². The van der Waals surface area contributed by atoms with E-state index in [0.717, 1.165) is 6.42 Å². The zero-order valence-electron chi connectivity index (χ0n) is 11.8. The molecule has 0 heterocycles. The second kappa shape index (κ2) is 7.43. The molecule has 1 aromatic carbocycles. The van der Waals surface area contributed by atoms with Crippen molar-refractivity contribution in [3.63, 3.8) is 0 Å². The molecule has 1 aromatic rings. The lowest BCUT2D eigenvalue weighted by atomic mass is 10.2. The van der Waals surface area contributed by atoms with Gasteiger partial charge in [0.1, 0.15) is 5.75 Å². The number of carbonyl (C=O) groups is 1. The number of rotatable bonds is 6. The Morgan fingerprint density at radius 2 is 2.25 bits per heavy atom. The molecular weight excluding hydrogens is 272 g/mol.